The van der Waals surface area contributed by atoms with Crippen molar-refractivity contribution < 1.29 is 27.5 Å². The molecule has 1 N–H and O–H groups in total. The summed E-state index contributed by atoms with van der Waals surface area (Å²) >= 11 is 4.26. The molecule has 10 heteroatoms. The van der Waals surface area contributed by atoms with Gasteiger partial charge in [-0.3, -0.25) is 9.52 Å². The van der Waals surface area contributed by atoms with Crippen molar-refractivity contribution in [3.8, 4) is 5.75 Å². The zero-order valence-corrected chi connectivity index (χ0v) is 18.8. The molecule has 0 spiro atoms. The lowest BCUT2D eigenvalue weighted by Crippen LogP contribution is -2.18. The molecule has 30 heavy (non-hydrogen) atoms. The molecule has 1 heterocycles. The van der Waals surface area contributed by atoms with Crippen LogP contribution >= 0.6 is 27.3 Å². The Hall–Kier alpha value is -2.69. The van der Waals surface area contributed by atoms with Crippen molar-refractivity contribution >= 4 is 54.7 Å². The summed E-state index contributed by atoms with van der Waals surface area (Å²) in [7, 11) is -2.36. The van der Waals surface area contributed by atoms with Gasteiger partial charge in [-0.1, -0.05) is 12.1 Å². The van der Waals surface area contributed by atoms with Gasteiger partial charge in [0.25, 0.3) is 10.0 Å². The van der Waals surface area contributed by atoms with E-state index in [1.807, 2.05) is 0 Å². The molecule has 2 aromatic carbocycles. The third-order valence-electron chi connectivity index (χ3n) is 3.95. The van der Waals surface area contributed by atoms with Crippen molar-refractivity contribution in [2.75, 3.05) is 18.4 Å². The third-order valence-corrected chi connectivity index (χ3v) is 7.43. The first-order valence-corrected chi connectivity index (χ1v) is 11.6. The summed E-state index contributed by atoms with van der Waals surface area (Å²) in [5.74, 6) is -0.613. The number of ketones is 1. The highest BCUT2D eigenvalue weighted by Gasteiger charge is 2.21. The maximum atomic E-state index is 12.6. The molecule has 0 saturated heterocycles. The van der Waals surface area contributed by atoms with E-state index in [4.69, 9.17) is 9.47 Å². The Labute approximate surface area is 185 Å². The van der Waals surface area contributed by atoms with Crippen molar-refractivity contribution in [1.29, 1.82) is 0 Å². The number of rotatable bonds is 8. The average Bonchev–Trinajstić information content (AvgIpc) is 3.19. The Morgan fingerprint density at radius 1 is 1.03 bits per heavy atom. The molecule has 1 aromatic heterocycles. The van der Waals surface area contributed by atoms with E-state index >= 15 is 0 Å². The predicted octanol–water partition coefficient (Wildman–Crippen LogP) is 4.36. The molecule has 0 aliphatic heterocycles. The van der Waals surface area contributed by atoms with Crippen LogP contribution in [0.15, 0.2) is 68.7 Å². The minimum Gasteiger partial charge on any atom is -0.497 e. The fourth-order valence-electron chi connectivity index (χ4n) is 2.46. The monoisotopic (exact) mass is 509 g/mol. The van der Waals surface area contributed by atoms with Crippen molar-refractivity contribution in [3.63, 3.8) is 0 Å². The predicted molar refractivity (Wildman–Crippen MR) is 117 cm³/mol. The number of sulfonamides is 1. The minimum atomic E-state index is -3.88. The molecule has 0 aliphatic carbocycles. The SMILES string of the molecule is COc1ccc(C(=O)COC(=O)c2ccccc2NS(=O)(=O)c2ccc(Br)s2)cc1. The molecule has 0 radical (unpaired) electrons. The summed E-state index contributed by atoms with van der Waals surface area (Å²) in [6.07, 6.45) is 0. The second kappa shape index (κ2) is 9.41. The van der Waals surface area contributed by atoms with Crippen molar-refractivity contribution in [2.45, 2.75) is 4.21 Å². The Morgan fingerprint density at radius 2 is 1.73 bits per heavy atom. The van der Waals surface area contributed by atoms with Gasteiger partial charge in [0.15, 0.2) is 12.4 Å². The largest absolute Gasteiger partial charge is 0.497 e. The van der Waals surface area contributed by atoms with Gasteiger partial charge < -0.3 is 9.47 Å². The lowest BCUT2D eigenvalue weighted by atomic mass is 10.1. The number of carbonyl (C=O) groups is 2. The normalized spacial score (nSPS) is 11.0. The van der Waals surface area contributed by atoms with Crippen LogP contribution in [0.1, 0.15) is 20.7 Å². The first kappa shape index (κ1) is 22.0. The number of hydrogen-bond donors (Lipinski definition) is 1. The standard InChI is InChI=1S/C20H16BrNO6S2/c1-27-14-8-6-13(7-9-14)17(23)12-28-20(24)15-4-2-3-5-16(15)22-30(25,26)19-11-10-18(21)29-19/h2-11,22H,12H2,1H3. The number of anilines is 1. The maximum Gasteiger partial charge on any atom is 0.340 e. The fourth-order valence-corrected chi connectivity index (χ4v) is 5.55. The first-order valence-electron chi connectivity index (χ1n) is 8.52. The highest BCUT2D eigenvalue weighted by Crippen LogP contribution is 2.28. The molecule has 0 unspecified atom stereocenters. The van der Waals surface area contributed by atoms with E-state index in [2.05, 4.69) is 20.7 Å². The fraction of sp³-hybridized carbons (Fsp3) is 0.100. The molecule has 3 rings (SSSR count). The highest BCUT2D eigenvalue weighted by atomic mass is 79.9. The van der Waals surface area contributed by atoms with Crippen LogP contribution in [0.4, 0.5) is 5.69 Å². The molecule has 0 atom stereocenters. The lowest BCUT2D eigenvalue weighted by molar-refractivity contribution is 0.0476. The van der Waals surface area contributed by atoms with E-state index in [1.54, 1.807) is 42.5 Å². The molecule has 0 amide bonds. The zero-order chi connectivity index (χ0) is 21.7. The van der Waals surface area contributed by atoms with E-state index in [9.17, 15) is 18.0 Å². The van der Waals surface area contributed by atoms with Gasteiger partial charge >= 0.3 is 5.97 Å². The highest BCUT2D eigenvalue weighted by molar-refractivity contribution is 9.11. The van der Waals surface area contributed by atoms with E-state index < -0.39 is 28.4 Å². The van der Waals surface area contributed by atoms with Crippen molar-refractivity contribution in [1.82, 2.24) is 0 Å². The second-order valence-electron chi connectivity index (χ2n) is 5.94. The van der Waals surface area contributed by atoms with Crippen molar-refractivity contribution in [2.24, 2.45) is 0 Å². The molecular weight excluding hydrogens is 494 g/mol. The van der Waals surface area contributed by atoms with Crippen LogP contribution in [0.2, 0.25) is 0 Å². The summed E-state index contributed by atoms with van der Waals surface area (Å²) in [4.78, 5) is 24.7. The number of methoxy groups -OCH3 is 1. The van der Waals surface area contributed by atoms with Gasteiger partial charge in [0.1, 0.15) is 9.96 Å². The minimum absolute atomic E-state index is 0.000715. The van der Waals surface area contributed by atoms with Gasteiger partial charge in [-0.2, -0.15) is 0 Å². The summed E-state index contributed by atoms with van der Waals surface area (Å²) in [5, 5.41) is 0. The third kappa shape index (κ3) is 5.26. The summed E-state index contributed by atoms with van der Waals surface area (Å²) in [6, 6.07) is 15.5. The van der Waals surface area contributed by atoms with E-state index in [1.165, 1.54) is 25.3 Å². The summed E-state index contributed by atoms with van der Waals surface area (Å²) in [5.41, 5.74) is 0.420. The molecular formula is C20H16BrNO6S2. The van der Waals surface area contributed by atoms with Crippen molar-refractivity contribution in [3.05, 3.63) is 75.6 Å². The average molecular weight is 510 g/mol. The van der Waals surface area contributed by atoms with Crippen LogP contribution < -0.4 is 9.46 Å². The van der Waals surface area contributed by atoms with Gasteiger partial charge in [-0.25, -0.2) is 13.2 Å². The van der Waals surface area contributed by atoms with E-state index in [0.717, 1.165) is 11.3 Å². The van der Waals surface area contributed by atoms with Crippen LogP contribution in [0.5, 0.6) is 5.75 Å². The molecule has 0 aliphatic rings. The number of halogens is 1. The first-order chi connectivity index (χ1) is 14.3. The Morgan fingerprint density at radius 3 is 2.37 bits per heavy atom. The number of para-hydroxylation sites is 1. The number of esters is 1. The molecule has 0 saturated carbocycles. The number of Topliss-reactive ketones (excluding diaryl/α,β-unsaturated/α-hetero) is 1. The van der Waals surface area contributed by atoms with Crippen LogP contribution in [-0.4, -0.2) is 33.9 Å². The number of ether oxygens (including phenoxy) is 2. The van der Waals surface area contributed by atoms with Crippen LogP contribution in [0, 0.1) is 0 Å². The zero-order valence-electron chi connectivity index (χ0n) is 15.6. The molecule has 156 valence electrons. The molecule has 3 aromatic rings. The quantitative estimate of drug-likeness (QED) is 0.357. The lowest BCUT2D eigenvalue weighted by Gasteiger charge is -2.11. The Balaban J connectivity index is 1.71. The van der Waals surface area contributed by atoms with Crippen LogP contribution in [0.25, 0.3) is 0 Å². The topological polar surface area (TPSA) is 98.8 Å². The second-order valence-corrected chi connectivity index (χ2v) is 10.3. The number of thiophene rings is 1. The number of nitrogens with one attached hydrogen (secondary N) is 1. The van der Waals surface area contributed by atoms with Crippen LogP contribution in [-0.2, 0) is 14.8 Å². The number of carbonyl (C=O) groups excluding carboxylic acids is 2. The van der Waals surface area contributed by atoms with Crippen LogP contribution in [0.3, 0.4) is 0 Å². The van der Waals surface area contributed by atoms with Gasteiger partial charge in [0.2, 0.25) is 0 Å². The van der Waals surface area contributed by atoms with Gasteiger partial charge in [0, 0.05) is 5.56 Å². The maximum absolute atomic E-state index is 12.6. The van der Waals surface area contributed by atoms with E-state index in [0.29, 0.717) is 15.1 Å². The summed E-state index contributed by atoms with van der Waals surface area (Å²) < 4.78 is 38.4. The van der Waals surface area contributed by atoms with E-state index in [-0.39, 0.29) is 15.5 Å². The molecule has 7 nitrogen and oxygen atoms in total. The molecule has 0 fully saturated rings. The molecule has 0 bridgehead atoms. The van der Waals surface area contributed by atoms with Gasteiger partial charge in [-0.05, 0) is 64.5 Å². The Kier molecular flexibility index (Phi) is 6.91. The Bertz CT molecular complexity index is 1170. The summed E-state index contributed by atoms with van der Waals surface area (Å²) in [6.45, 7) is -0.482. The van der Waals surface area contributed by atoms with Gasteiger partial charge in [-0.15, -0.1) is 11.3 Å². The smallest absolute Gasteiger partial charge is 0.340 e. The number of benzene rings is 2. The van der Waals surface area contributed by atoms with Gasteiger partial charge in [0.05, 0.1) is 22.1 Å². The number of hydrogen-bond acceptors (Lipinski definition) is 7.